The van der Waals surface area contributed by atoms with E-state index in [1.54, 1.807) is 18.4 Å². The zero-order valence-corrected chi connectivity index (χ0v) is 10.7. The van der Waals surface area contributed by atoms with E-state index in [-0.39, 0.29) is 0 Å². The van der Waals surface area contributed by atoms with Crippen LogP contribution in [0.15, 0.2) is 41.8 Å². The summed E-state index contributed by atoms with van der Waals surface area (Å²) in [5.74, 6) is 1.30. The second-order valence-electron chi connectivity index (χ2n) is 3.92. The summed E-state index contributed by atoms with van der Waals surface area (Å²) in [5.41, 5.74) is 7.01. The van der Waals surface area contributed by atoms with E-state index in [2.05, 4.69) is 29.6 Å². The first-order valence-electron chi connectivity index (χ1n) is 5.72. The third-order valence-corrected chi connectivity index (χ3v) is 3.85. The van der Waals surface area contributed by atoms with Gasteiger partial charge in [-0.15, -0.1) is 11.3 Å². The van der Waals surface area contributed by atoms with Crippen molar-refractivity contribution >= 4 is 11.3 Å². The van der Waals surface area contributed by atoms with Crippen molar-refractivity contribution in [2.75, 3.05) is 13.7 Å². The van der Waals surface area contributed by atoms with Crippen molar-refractivity contribution in [3.63, 3.8) is 0 Å². The first-order valence-corrected chi connectivity index (χ1v) is 6.60. The number of rotatable bonds is 5. The molecule has 0 aliphatic carbocycles. The molecular weight excluding hydrogens is 230 g/mol. The van der Waals surface area contributed by atoms with Gasteiger partial charge in [0, 0.05) is 10.8 Å². The van der Waals surface area contributed by atoms with E-state index in [1.165, 1.54) is 10.4 Å². The van der Waals surface area contributed by atoms with Crippen molar-refractivity contribution in [2.24, 2.45) is 5.73 Å². The van der Waals surface area contributed by atoms with Gasteiger partial charge in [-0.25, -0.2) is 0 Å². The molecule has 3 heteroatoms. The zero-order chi connectivity index (χ0) is 12.1. The Labute approximate surface area is 106 Å². The third kappa shape index (κ3) is 2.87. The fourth-order valence-electron chi connectivity index (χ4n) is 1.97. The van der Waals surface area contributed by atoms with Crippen LogP contribution in [-0.2, 0) is 0 Å². The molecule has 2 aromatic rings. The minimum absolute atomic E-state index is 0.408. The fraction of sp³-hybridized carbons (Fsp3) is 0.286. The maximum atomic E-state index is 5.71. The van der Waals surface area contributed by atoms with Crippen LogP contribution in [0.2, 0.25) is 0 Å². The summed E-state index contributed by atoms with van der Waals surface area (Å²) in [5, 5.41) is 2.11. The Morgan fingerprint density at radius 3 is 2.53 bits per heavy atom. The molecule has 2 N–H and O–H groups in total. The van der Waals surface area contributed by atoms with Crippen molar-refractivity contribution in [1.29, 1.82) is 0 Å². The minimum Gasteiger partial charge on any atom is -0.497 e. The van der Waals surface area contributed by atoms with E-state index < -0.39 is 0 Å². The standard InChI is InChI=1S/C14H17NOS/c1-16-12-6-4-11(5-7-12)13(8-9-15)14-3-2-10-17-14/h2-7,10,13H,8-9,15H2,1H3. The molecule has 0 amide bonds. The Hall–Kier alpha value is -1.32. The monoisotopic (exact) mass is 247 g/mol. The highest BCUT2D eigenvalue weighted by Crippen LogP contribution is 2.31. The molecule has 1 unspecified atom stereocenters. The summed E-state index contributed by atoms with van der Waals surface area (Å²) in [7, 11) is 1.69. The fourth-order valence-corrected chi connectivity index (χ4v) is 2.86. The summed E-state index contributed by atoms with van der Waals surface area (Å²) in [6, 6.07) is 12.5. The Bertz CT molecular complexity index is 436. The van der Waals surface area contributed by atoms with Gasteiger partial charge in [-0.2, -0.15) is 0 Å². The van der Waals surface area contributed by atoms with Gasteiger partial charge in [0.1, 0.15) is 5.75 Å². The summed E-state index contributed by atoms with van der Waals surface area (Å²) in [6.07, 6.45) is 0.979. The number of thiophene rings is 1. The number of ether oxygens (including phenoxy) is 1. The lowest BCUT2D eigenvalue weighted by molar-refractivity contribution is 0.414. The first-order chi connectivity index (χ1) is 8.35. The number of nitrogens with two attached hydrogens (primary N) is 1. The van der Waals surface area contributed by atoms with E-state index in [9.17, 15) is 0 Å². The predicted molar refractivity (Wildman–Crippen MR) is 72.8 cm³/mol. The first kappa shape index (κ1) is 12.1. The van der Waals surface area contributed by atoms with Crippen LogP contribution in [0.1, 0.15) is 22.8 Å². The van der Waals surface area contributed by atoms with Crippen LogP contribution in [0.25, 0.3) is 0 Å². The molecule has 0 spiro atoms. The lowest BCUT2D eigenvalue weighted by Crippen LogP contribution is -2.07. The largest absolute Gasteiger partial charge is 0.497 e. The minimum atomic E-state index is 0.408. The summed E-state index contributed by atoms with van der Waals surface area (Å²) in [4.78, 5) is 1.38. The van der Waals surface area contributed by atoms with Gasteiger partial charge in [-0.05, 0) is 42.1 Å². The molecule has 90 valence electrons. The number of benzene rings is 1. The molecule has 0 radical (unpaired) electrons. The van der Waals surface area contributed by atoms with E-state index in [4.69, 9.17) is 10.5 Å². The molecule has 0 saturated heterocycles. The second kappa shape index (κ2) is 5.84. The van der Waals surface area contributed by atoms with Crippen LogP contribution in [0.5, 0.6) is 5.75 Å². The molecule has 1 atom stereocenters. The Balaban J connectivity index is 2.26. The molecule has 0 saturated carbocycles. The topological polar surface area (TPSA) is 35.2 Å². The van der Waals surface area contributed by atoms with Gasteiger partial charge in [0.25, 0.3) is 0 Å². The smallest absolute Gasteiger partial charge is 0.118 e. The lowest BCUT2D eigenvalue weighted by Gasteiger charge is -2.15. The number of hydrogen-bond acceptors (Lipinski definition) is 3. The van der Waals surface area contributed by atoms with Crippen molar-refractivity contribution in [1.82, 2.24) is 0 Å². The molecule has 2 rings (SSSR count). The lowest BCUT2D eigenvalue weighted by atomic mass is 9.94. The van der Waals surface area contributed by atoms with E-state index in [1.807, 2.05) is 12.1 Å². The van der Waals surface area contributed by atoms with Gasteiger partial charge in [0.15, 0.2) is 0 Å². The maximum absolute atomic E-state index is 5.71. The Kier molecular flexibility index (Phi) is 4.18. The Morgan fingerprint density at radius 1 is 1.24 bits per heavy atom. The van der Waals surface area contributed by atoms with Crippen LogP contribution in [-0.4, -0.2) is 13.7 Å². The van der Waals surface area contributed by atoms with Gasteiger partial charge in [0.2, 0.25) is 0 Å². The van der Waals surface area contributed by atoms with Crippen molar-refractivity contribution in [3.05, 3.63) is 52.2 Å². The average Bonchev–Trinajstić information content (AvgIpc) is 2.90. The van der Waals surface area contributed by atoms with Gasteiger partial charge >= 0.3 is 0 Å². The average molecular weight is 247 g/mol. The highest BCUT2D eigenvalue weighted by Gasteiger charge is 2.14. The summed E-state index contributed by atoms with van der Waals surface area (Å²) in [6.45, 7) is 0.703. The third-order valence-electron chi connectivity index (χ3n) is 2.86. The van der Waals surface area contributed by atoms with E-state index in [0.29, 0.717) is 12.5 Å². The number of methoxy groups -OCH3 is 1. The second-order valence-corrected chi connectivity index (χ2v) is 4.90. The molecule has 17 heavy (non-hydrogen) atoms. The van der Waals surface area contributed by atoms with E-state index in [0.717, 1.165) is 12.2 Å². The maximum Gasteiger partial charge on any atom is 0.118 e. The zero-order valence-electron chi connectivity index (χ0n) is 9.93. The quantitative estimate of drug-likeness (QED) is 0.880. The molecule has 0 aliphatic rings. The highest BCUT2D eigenvalue weighted by atomic mass is 32.1. The van der Waals surface area contributed by atoms with Crippen LogP contribution in [0.3, 0.4) is 0 Å². The SMILES string of the molecule is COc1ccc(C(CCN)c2cccs2)cc1. The van der Waals surface area contributed by atoms with Gasteiger partial charge in [-0.1, -0.05) is 18.2 Å². The highest BCUT2D eigenvalue weighted by molar-refractivity contribution is 7.10. The van der Waals surface area contributed by atoms with Crippen molar-refractivity contribution < 1.29 is 4.74 Å². The molecule has 0 aliphatic heterocycles. The van der Waals surface area contributed by atoms with Crippen molar-refractivity contribution in [3.8, 4) is 5.75 Å². The molecule has 2 nitrogen and oxygen atoms in total. The van der Waals surface area contributed by atoms with Crippen LogP contribution >= 0.6 is 11.3 Å². The summed E-state index contributed by atoms with van der Waals surface area (Å²) < 4.78 is 5.18. The molecule has 1 heterocycles. The molecule has 1 aromatic carbocycles. The normalized spacial score (nSPS) is 12.4. The van der Waals surface area contributed by atoms with Gasteiger partial charge in [0.05, 0.1) is 7.11 Å². The van der Waals surface area contributed by atoms with Crippen LogP contribution in [0, 0.1) is 0 Å². The molecular formula is C14H17NOS. The summed E-state index contributed by atoms with van der Waals surface area (Å²) >= 11 is 1.79. The molecule has 0 fully saturated rings. The van der Waals surface area contributed by atoms with Gasteiger partial charge in [-0.3, -0.25) is 0 Å². The van der Waals surface area contributed by atoms with E-state index >= 15 is 0 Å². The molecule has 1 aromatic heterocycles. The predicted octanol–water partition coefficient (Wildman–Crippen LogP) is 3.24. The Morgan fingerprint density at radius 2 is 2.00 bits per heavy atom. The van der Waals surface area contributed by atoms with Gasteiger partial charge < -0.3 is 10.5 Å². The number of hydrogen-bond donors (Lipinski definition) is 1. The molecule has 0 bridgehead atoms. The van der Waals surface area contributed by atoms with Crippen LogP contribution < -0.4 is 10.5 Å². The van der Waals surface area contributed by atoms with Crippen LogP contribution in [0.4, 0.5) is 0 Å². The van der Waals surface area contributed by atoms with Crippen molar-refractivity contribution in [2.45, 2.75) is 12.3 Å².